The fraction of sp³-hybridized carbons (Fsp3) is 0.467. The van der Waals surface area contributed by atoms with Crippen LogP contribution in [0.3, 0.4) is 0 Å². The monoisotopic (exact) mass is 347 g/mol. The molecule has 0 heterocycles. The summed E-state index contributed by atoms with van der Waals surface area (Å²) in [4.78, 5) is 19.6. The van der Waals surface area contributed by atoms with Gasteiger partial charge in [-0.1, -0.05) is 30.3 Å². The second kappa shape index (κ2) is 15.8. The largest absolute Gasteiger partial charge is 0.450 e. The lowest BCUT2D eigenvalue weighted by atomic mass is 10.1. The summed E-state index contributed by atoms with van der Waals surface area (Å²) in [6, 6.07) is 9.10. The molecule has 1 aromatic carbocycles. The average molecular weight is 347 g/mol. The van der Waals surface area contributed by atoms with Gasteiger partial charge in [-0.2, -0.15) is 0 Å². The van der Waals surface area contributed by atoms with E-state index in [1.807, 2.05) is 18.2 Å². The second-order valence-electron chi connectivity index (χ2n) is 4.27. The molecule has 1 rings (SSSR count). The second-order valence-corrected chi connectivity index (χ2v) is 4.27. The van der Waals surface area contributed by atoms with E-state index in [2.05, 4.69) is 10.5 Å². The van der Waals surface area contributed by atoms with Crippen LogP contribution >= 0.6 is 0 Å². The van der Waals surface area contributed by atoms with Crippen LogP contribution in [0.4, 0.5) is 4.79 Å². The summed E-state index contributed by atoms with van der Waals surface area (Å²) < 4.78 is 4.18. The van der Waals surface area contributed by atoms with Gasteiger partial charge in [0.15, 0.2) is 0 Å². The number of nitrogens with two attached hydrogens (primary N) is 1. The molecule has 24 heavy (non-hydrogen) atoms. The van der Waals surface area contributed by atoms with Crippen molar-refractivity contribution in [2.45, 2.75) is 25.2 Å². The maximum atomic E-state index is 10.0. The van der Waals surface area contributed by atoms with Crippen LogP contribution in [0.1, 0.15) is 17.3 Å². The van der Waals surface area contributed by atoms with E-state index in [1.165, 1.54) is 0 Å². The van der Waals surface area contributed by atoms with Gasteiger partial charge >= 0.3 is 6.09 Å². The van der Waals surface area contributed by atoms with E-state index in [-0.39, 0.29) is 0 Å². The zero-order valence-electron chi connectivity index (χ0n) is 13.4. The Morgan fingerprint density at radius 1 is 1.12 bits per heavy atom. The van der Waals surface area contributed by atoms with Gasteiger partial charge in [-0.3, -0.25) is 4.79 Å². The third-order valence-electron chi connectivity index (χ3n) is 2.38. The number of carbonyl (C=O) groups excluding carboxylic acids is 2. The van der Waals surface area contributed by atoms with Crippen LogP contribution in [0.2, 0.25) is 0 Å². The zero-order chi connectivity index (χ0) is 19.0. The fourth-order valence-electron chi connectivity index (χ4n) is 1.15. The Labute approximate surface area is 139 Å². The van der Waals surface area contributed by atoms with Gasteiger partial charge in [-0.25, -0.2) is 4.79 Å². The first-order valence-corrected chi connectivity index (χ1v) is 7.02. The van der Waals surface area contributed by atoms with Crippen molar-refractivity contribution in [3.05, 3.63) is 35.9 Å². The summed E-state index contributed by atoms with van der Waals surface area (Å²) in [5.74, 6) is 0. The molecule has 0 aromatic heterocycles. The number of hydrogen-bond donors (Lipinski definition) is 6. The lowest BCUT2D eigenvalue weighted by molar-refractivity contribution is -0.0900. The molecule has 138 valence electrons. The Bertz CT molecular complexity index is 419. The highest BCUT2D eigenvalue weighted by Gasteiger charge is 2.22. The molecular formula is C15H25NO8. The predicted molar refractivity (Wildman–Crippen MR) is 85.2 cm³/mol. The number of aldehydes is 1. The van der Waals surface area contributed by atoms with Crippen LogP contribution in [0, 0.1) is 0 Å². The van der Waals surface area contributed by atoms with Gasteiger partial charge in [0.05, 0.1) is 19.8 Å². The zero-order valence-corrected chi connectivity index (χ0v) is 13.4. The minimum atomic E-state index is -1.49. The van der Waals surface area contributed by atoms with E-state index in [9.17, 15) is 9.59 Å². The van der Waals surface area contributed by atoms with E-state index < -0.39 is 37.6 Å². The fourth-order valence-corrected chi connectivity index (χ4v) is 1.15. The average Bonchev–Trinajstić information content (AvgIpc) is 2.61. The minimum absolute atomic E-state index is 0.356. The Balaban J connectivity index is 0. The van der Waals surface area contributed by atoms with E-state index in [4.69, 9.17) is 25.5 Å². The Kier molecular flexibility index (Phi) is 16.0. The van der Waals surface area contributed by atoms with Crippen LogP contribution in [0.25, 0.3) is 0 Å². The highest BCUT2D eigenvalue weighted by Crippen LogP contribution is 1.98. The van der Waals surface area contributed by atoms with Crippen molar-refractivity contribution in [1.82, 2.24) is 0 Å². The van der Waals surface area contributed by atoms with Crippen molar-refractivity contribution < 1.29 is 39.9 Å². The third-order valence-corrected chi connectivity index (χ3v) is 2.38. The number of ether oxygens (including phenoxy) is 1. The standard InChI is InChI=1S/C7H6O.C5H12O5.C3H7NO2/c8-6-7-4-2-1-3-5-7;6-1-3(8)5(10)4(9)2-7;1-2-6-3(4)5/h1-6H;3-10H,1-2H2;2H2,1H3,(H2,4,5). The van der Waals surface area contributed by atoms with E-state index in [1.54, 1.807) is 19.1 Å². The smallest absolute Gasteiger partial charge is 0.404 e. The van der Waals surface area contributed by atoms with Crippen molar-refractivity contribution in [3.63, 3.8) is 0 Å². The molecule has 9 nitrogen and oxygen atoms in total. The first kappa shape index (κ1) is 24.2. The maximum Gasteiger partial charge on any atom is 0.404 e. The Morgan fingerprint density at radius 3 is 1.79 bits per heavy atom. The molecule has 1 amide bonds. The maximum absolute atomic E-state index is 10.0. The highest BCUT2D eigenvalue weighted by atomic mass is 16.5. The first-order valence-electron chi connectivity index (χ1n) is 7.02. The number of hydrogen-bond acceptors (Lipinski definition) is 8. The lowest BCUT2D eigenvalue weighted by Gasteiger charge is -2.19. The van der Waals surface area contributed by atoms with Gasteiger partial charge in [0.2, 0.25) is 0 Å². The Morgan fingerprint density at radius 2 is 1.58 bits per heavy atom. The summed E-state index contributed by atoms with van der Waals surface area (Å²) in [7, 11) is 0. The molecule has 9 heteroatoms. The van der Waals surface area contributed by atoms with E-state index in [0.717, 1.165) is 11.8 Å². The predicted octanol–water partition coefficient (Wildman–Crippen LogP) is -1.35. The van der Waals surface area contributed by atoms with Crippen LogP contribution in [-0.2, 0) is 4.74 Å². The number of aliphatic hydroxyl groups is 5. The summed E-state index contributed by atoms with van der Waals surface area (Å²) >= 11 is 0. The molecule has 0 radical (unpaired) electrons. The summed E-state index contributed by atoms with van der Waals surface area (Å²) in [6.45, 7) is 0.774. The summed E-state index contributed by atoms with van der Waals surface area (Å²) in [6.07, 6.45) is -4.17. The third kappa shape index (κ3) is 13.6. The van der Waals surface area contributed by atoms with Gasteiger partial charge in [0.1, 0.15) is 24.6 Å². The number of benzene rings is 1. The van der Waals surface area contributed by atoms with Crippen LogP contribution in [0.5, 0.6) is 0 Å². The molecule has 7 N–H and O–H groups in total. The van der Waals surface area contributed by atoms with Crippen molar-refractivity contribution in [3.8, 4) is 0 Å². The van der Waals surface area contributed by atoms with E-state index in [0.29, 0.717) is 6.61 Å². The van der Waals surface area contributed by atoms with Crippen LogP contribution in [-0.4, -0.2) is 76.0 Å². The lowest BCUT2D eigenvalue weighted by Crippen LogP contribution is -2.41. The van der Waals surface area contributed by atoms with Gasteiger partial charge in [-0.05, 0) is 6.92 Å². The number of amides is 1. The molecule has 2 unspecified atom stereocenters. The van der Waals surface area contributed by atoms with Crippen molar-refractivity contribution in [2.75, 3.05) is 19.8 Å². The molecule has 0 saturated heterocycles. The number of rotatable bonds is 6. The number of aliphatic hydroxyl groups excluding tert-OH is 5. The number of primary amides is 1. The van der Waals surface area contributed by atoms with Crippen LogP contribution in [0.15, 0.2) is 30.3 Å². The highest BCUT2D eigenvalue weighted by molar-refractivity contribution is 5.74. The molecule has 0 aliphatic rings. The van der Waals surface area contributed by atoms with Crippen molar-refractivity contribution in [1.29, 1.82) is 0 Å². The molecule has 0 bridgehead atoms. The molecule has 0 spiro atoms. The van der Waals surface area contributed by atoms with E-state index >= 15 is 0 Å². The van der Waals surface area contributed by atoms with Gasteiger partial charge in [0.25, 0.3) is 0 Å². The first-order chi connectivity index (χ1) is 11.3. The topological polar surface area (TPSA) is 171 Å². The molecule has 0 fully saturated rings. The van der Waals surface area contributed by atoms with Gasteiger partial charge in [0, 0.05) is 5.56 Å². The summed E-state index contributed by atoms with van der Waals surface area (Å²) in [5.41, 5.74) is 5.27. The number of carbonyl (C=O) groups is 2. The Hall–Kier alpha value is -2.04. The van der Waals surface area contributed by atoms with Gasteiger partial charge < -0.3 is 36.0 Å². The molecule has 2 atom stereocenters. The molecule has 0 saturated carbocycles. The quantitative estimate of drug-likeness (QED) is 0.343. The molecule has 1 aromatic rings. The minimum Gasteiger partial charge on any atom is -0.450 e. The summed E-state index contributed by atoms with van der Waals surface area (Å²) in [5, 5.41) is 42.6. The van der Waals surface area contributed by atoms with Crippen molar-refractivity contribution >= 4 is 12.4 Å². The molecule has 0 aliphatic carbocycles. The van der Waals surface area contributed by atoms with Gasteiger partial charge in [-0.15, -0.1) is 0 Å². The molecule has 0 aliphatic heterocycles. The molecular weight excluding hydrogens is 322 g/mol. The normalized spacial score (nSPS) is 13.1. The van der Waals surface area contributed by atoms with Crippen LogP contribution < -0.4 is 5.73 Å². The van der Waals surface area contributed by atoms with Crippen molar-refractivity contribution in [2.24, 2.45) is 5.73 Å². The SMILES string of the molecule is CCOC(N)=O.O=Cc1ccccc1.OCC(O)C(O)C(O)CO.